The first kappa shape index (κ1) is 27.8. The first-order valence-corrected chi connectivity index (χ1v) is 13.5. The van der Waals surface area contributed by atoms with Crippen LogP contribution in [0.4, 0.5) is 24.8 Å². The molecule has 1 saturated carbocycles. The number of ether oxygens (including phenoxy) is 1. The molecular formula is C29H37BF3N3O3. The summed E-state index contributed by atoms with van der Waals surface area (Å²) in [6.07, 6.45) is -1.57. The fraction of sp³-hybridized carbons (Fsp3) is 0.552. The third-order valence-electron chi connectivity index (χ3n) is 8.31. The minimum atomic E-state index is -4.73. The van der Waals surface area contributed by atoms with Crippen LogP contribution < -0.4 is 15.5 Å². The van der Waals surface area contributed by atoms with E-state index >= 15 is 0 Å². The van der Waals surface area contributed by atoms with E-state index in [4.69, 9.17) is 14.3 Å². The summed E-state index contributed by atoms with van der Waals surface area (Å²) in [5.74, 6) is 0.929. The van der Waals surface area contributed by atoms with E-state index in [0.29, 0.717) is 17.6 Å². The summed E-state index contributed by atoms with van der Waals surface area (Å²) >= 11 is 0. The number of nitrogens with zero attached hydrogens (tertiary/aromatic N) is 2. The number of fused-ring (bicyclic) bond motifs is 1. The van der Waals surface area contributed by atoms with Gasteiger partial charge in [-0.05, 0) is 100 Å². The van der Waals surface area contributed by atoms with Gasteiger partial charge in [-0.3, -0.25) is 0 Å². The molecule has 10 heteroatoms. The van der Waals surface area contributed by atoms with Gasteiger partial charge in [0.15, 0.2) is 0 Å². The maximum absolute atomic E-state index is 12.6. The minimum Gasteiger partial charge on any atom is -0.406 e. The maximum atomic E-state index is 12.6. The topological polar surface area (TPSA) is 57.5 Å². The molecule has 210 valence electrons. The number of hydrogen-bond donors (Lipinski definition) is 1. The molecule has 0 unspecified atom stereocenters. The number of anilines is 2. The summed E-state index contributed by atoms with van der Waals surface area (Å²) in [5, 5.41) is 3.36. The summed E-state index contributed by atoms with van der Waals surface area (Å²) in [4.78, 5) is 4.97. The SMILES string of the molecule is C[C@H]1C[C@@H](n2c(Nc3ccc(OC(F)(F)F)cc3)nc3cc(B4OC(C)(C)C(C)(C)O4)ccc32)CC(C)(C)C1. The van der Waals surface area contributed by atoms with Gasteiger partial charge in [0.2, 0.25) is 5.95 Å². The molecule has 2 heterocycles. The lowest BCUT2D eigenvalue weighted by molar-refractivity contribution is -0.274. The molecule has 0 spiro atoms. The zero-order valence-electron chi connectivity index (χ0n) is 23.6. The minimum absolute atomic E-state index is 0.176. The molecule has 2 fully saturated rings. The van der Waals surface area contributed by atoms with Crippen molar-refractivity contribution < 1.29 is 27.2 Å². The molecule has 1 saturated heterocycles. The zero-order valence-corrected chi connectivity index (χ0v) is 23.6. The molecule has 3 aromatic rings. The molecule has 1 aliphatic carbocycles. The van der Waals surface area contributed by atoms with E-state index in [-0.39, 0.29) is 17.2 Å². The Morgan fingerprint density at radius 3 is 2.21 bits per heavy atom. The van der Waals surface area contributed by atoms with Crippen LogP contribution in [-0.2, 0) is 9.31 Å². The molecule has 6 nitrogen and oxygen atoms in total. The van der Waals surface area contributed by atoms with Gasteiger partial charge in [-0.1, -0.05) is 26.8 Å². The lowest BCUT2D eigenvalue weighted by Gasteiger charge is -2.40. The zero-order chi connectivity index (χ0) is 28.4. The summed E-state index contributed by atoms with van der Waals surface area (Å²) in [6, 6.07) is 12.1. The smallest absolute Gasteiger partial charge is 0.406 e. The van der Waals surface area contributed by atoms with Crippen LogP contribution in [0.2, 0.25) is 0 Å². The van der Waals surface area contributed by atoms with Crippen molar-refractivity contribution in [3.05, 3.63) is 42.5 Å². The normalized spacial score (nSPS) is 24.2. The Bertz CT molecular complexity index is 1340. The van der Waals surface area contributed by atoms with E-state index in [0.717, 1.165) is 35.8 Å². The summed E-state index contributed by atoms with van der Waals surface area (Å²) in [5.41, 5.74) is 2.57. The second kappa shape index (κ2) is 9.44. The first-order valence-electron chi connectivity index (χ1n) is 13.5. The van der Waals surface area contributed by atoms with E-state index in [1.165, 1.54) is 12.1 Å². The fourth-order valence-electron chi connectivity index (χ4n) is 6.06. The summed E-state index contributed by atoms with van der Waals surface area (Å²) in [6.45, 7) is 15.0. The molecule has 2 aromatic carbocycles. The van der Waals surface area contributed by atoms with E-state index in [1.807, 2.05) is 39.8 Å². The number of rotatable bonds is 5. The van der Waals surface area contributed by atoms with Gasteiger partial charge in [0.1, 0.15) is 5.75 Å². The van der Waals surface area contributed by atoms with Crippen molar-refractivity contribution in [3.8, 4) is 5.75 Å². The Hall–Kier alpha value is -2.72. The van der Waals surface area contributed by atoms with Crippen LogP contribution in [0.25, 0.3) is 11.0 Å². The molecule has 1 aliphatic heterocycles. The molecule has 1 N–H and O–H groups in total. The Kier molecular flexibility index (Phi) is 6.74. The lowest BCUT2D eigenvalue weighted by atomic mass is 9.70. The quantitative estimate of drug-likeness (QED) is 0.341. The van der Waals surface area contributed by atoms with Crippen molar-refractivity contribution in [2.75, 3.05) is 5.32 Å². The van der Waals surface area contributed by atoms with Crippen LogP contribution in [0.15, 0.2) is 42.5 Å². The van der Waals surface area contributed by atoms with Gasteiger partial charge in [0.05, 0.1) is 22.2 Å². The van der Waals surface area contributed by atoms with E-state index in [9.17, 15) is 13.2 Å². The summed E-state index contributed by atoms with van der Waals surface area (Å²) < 4.78 is 56.7. The monoisotopic (exact) mass is 543 g/mol. The second-order valence-electron chi connectivity index (χ2n) is 12.9. The molecule has 0 radical (unpaired) electrons. The Balaban J connectivity index is 1.52. The Morgan fingerprint density at radius 2 is 1.62 bits per heavy atom. The number of halogens is 3. The van der Waals surface area contributed by atoms with Crippen molar-refractivity contribution in [1.82, 2.24) is 9.55 Å². The third-order valence-corrected chi connectivity index (χ3v) is 8.31. The average Bonchev–Trinajstić information content (AvgIpc) is 3.24. The number of benzene rings is 2. The highest BCUT2D eigenvalue weighted by atomic mass is 19.4. The summed E-state index contributed by atoms with van der Waals surface area (Å²) in [7, 11) is -0.504. The second-order valence-corrected chi connectivity index (χ2v) is 12.9. The van der Waals surface area contributed by atoms with E-state index < -0.39 is 24.7 Å². The van der Waals surface area contributed by atoms with Crippen molar-refractivity contribution >= 4 is 35.3 Å². The van der Waals surface area contributed by atoms with Gasteiger partial charge in [0.25, 0.3) is 0 Å². The molecule has 1 aromatic heterocycles. The first-order chi connectivity index (χ1) is 18.0. The number of alkyl halides is 3. The van der Waals surface area contributed by atoms with Crippen LogP contribution in [0, 0.1) is 11.3 Å². The van der Waals surface area contributed by atoms with Crippen LogP contribution >= 0.6 is 0 Å². The van der Waals surface area contributed by atoms with Gasteiger partial charge in [-0.15, -0.1) is 13.2 Å². The van der Waals surface area contributed by atoms with Crippen LogP contribution in [-0.4, -0.2) is 34.2 Å². The number of nitrogens with one attached hydrogen (secondary N) is 1. The molecule has 5 rings (SSSR count). The average molecular weight is 543 g/mol. The molecule has 2 aliphatic rings. The van der Waals surface area contributed by atoms with Gasteiger partial charge in [0, 0.05) is 11.7 Å². The fourth-order valence-corrected chi connectivity index (χ4v) is 6.06. The maximum Gasteiger partial charge on any atom is 0.573 e. The van der Waals surface area contributed by atoms with Crippen LogP contribution in [0.3, 0.4) is 0 Å². The van der Waals surface area contributed by atoms with Gasteiger partial charge >= 0.3 is 13.5 Å². The lowest BCUT2D eigenvalue weighted by Crippen LogP contribution is -2.41. The van der Waals surface area contributed by atoms with Crippen LogP contribution in [0.5, 0.6) is 5.75 Å². The predicted molar refractivity (Wildman–Crippen MR) is 148 cm³/mol. The standard InChI is InChI=1S/C29H37BF3N3O3/c1-18-14-21(17-26(2,3)16-18)36-24-13-8-19(30-38-27(4,5)28(6,7)39-30)15-23(24)35-25(36)34-20-9-11-22(12-10-20)37-29(31,32)33/h8-13,15,18,21H,14,16-17H2,1-7H3,(H,34,35)/t18-,21+/m0/s1. The van der Waals surface area contributed by atoms with Gasteiger partial charge in [-0.2, -0.15) is 0 Å². The molecule has 0 bridgehead atoms. The highest BCUT2D eigenvalue weighted by Gasteiger charge is 2.51. The van der Waals surface area contributed by atoms with Gasteiger partial charge < -0.3 is 23.9 Å². The number of hydrogen-bond acceptors (Lipinski definition) is 5. The van der Waals surface area contributed by atoms with Gasteiger partial charge in [-0.25, -0.2) is 4.98 Å². The van der Waals surface area contributed by atoms with Crippen LogP contribution in [0.1, 0.15) is 73.8 Å². The number of imidazole rings is 1. The van der Waals surface area contributed by atoms with Crippen molar-refractivity contribution in [1.29, 1.82) is 0 Å². The van der Waals surface area contributed by atoms with Crippen molar-refractivity contribution in [2.24, 2.45) is 11.3 Å². The highest BCUT2D eigenvalue weighted by Crippen LogP contribution is 2.46. The predicted octanol–water partition coefficient (Wildman–Crippen LogP) is 7.37. The third kappa shape index (κ3) is 5.77. The Labute approximate surface area is 228 Å². The molecular weight excluding hydrogens is 506 g/mol. The highest BCUT2D eigenvalue weighted by molar-refractivity contribution is 6.62. The van der Waals surface area contributed by atoms with Crippen molar-refractivity contribution in [3.63, 3.8) is 0 Å². The van der Waals surface area contributed by atoms with E-state index in [1.54, 1.807) is 12.1 Å². The molecule has 39 heavy (non-hydrogen) atoms. The van der Waals surface area contributed by atoms with Crippen molar-refractivity contribution in [2.45, 2.75) is 91.3 Å². The number of aromatic nitrogens is 2. The van der Waals surface area contributed by atoms with E-state index in [2.05, 4.69) is 41.5 Å². The molecule has 0 amide bonds. The molecule has 2 atom stereocenters. The largest absolute Gasteiger partial charge is 0.573 e. The Morgan fingerprint density at radius 1 is 0.974 bits per heavy atom.